The Hall–Kier alpha value is -2.89. The predicted molar refractivity (Wildman–Crippen MR) is 112 cm³/mol. The number of hydrogen-bond donors (Lipinski definition) is 2. The van der Waals surface area contributed by atoms with Crippen LogP contribution in [0.5, 0.6) is 0 Å². The highest BCUT2D eigenvalue weighted by molar-refractivity contribution is 5.89. The van der Waals surface area contributed by atoms with Crippen LogP contribution in [-0.2, 0) is 23.3 Å². The summed E-state index contributed by atoms with van der Waals surface area (Å²) in [6, 6.07) is 12.6. The summed E-state index contributed by atoms with van der Waals surface area (Å²) in [6.45, 7) is 0.909. The Bertz CT molecular complexity index is 993. The summed E-state index contributed by atoms with van der Waals surface area (Å²) in [6.07, 6.45) is 5.59. The van der Waals surface area contributed by atoms with E-state index in [0.29, 0.717) is 13.1 Å². The van der Waals surface area contributed by atoms with Crippen LogP contribution in [0.1, 0.15) is 55.2 Å². The summed E-state index contributed by atoms with van der Waals surface area (Å²) < 4.78 is 13.4. The van der Waals surface area contributed by atoms with Crippen LogP contribution in [0.4, 0.5) is 14.9 Å². The van der Waals surface area contributed by atoms with E-state index in [2.05, 4.69) is 17.4 Å². The number of anilines is 1. The molecule has 5 nitrogen and oxygen atoms in total. The van der Waals surface area contributed by atoms with Gasteiger partial charge in [-0.05, 0) is 84.9 Å². The van der Waals surface area contributed by atoms with Gasteiger partial charge in [0.2, 0.25) is 5.91 Å². The highest BCUT2D eigenvalue weighted by Gasteiger charge is 2.52. The number of hydrogen-bond acceptors (Lipinski definition) is 2. The molecule has 0 unspecified atom stereocenters. The van der Waals surface area contributed by atoms with Gasteiger partial charge in [0.25, 0.3) is 0 Å². The smallest absolute Gasteiger partial charge is 0.322 e. The number of carbonyl (C=O) groups excluding carboxylic acids is 2. The number of nitrogens with two attached hydrogens (primary N) is 1. The molecule has 6 heteroatoms. The third-order valence-corrected chi connectivity index (χ3v) is 7.70. The lowest BCUT2D eigenvalue weighted by molar-refractivity contribution is -0.134. The van der Waals surface area contributed by atoms with Crippen molar-refractivity contribution in [1.29, 1.82) is 0 Å². The van der Waals surface area contributed by atoms with Crippen LogP contribution in [0, 0.1) is 11.2 Å². The molecule has 1 heterocycles. The zero-order chi connectivity index (χ0) is 20.9. The molecule has 1 aliphatic heterocycles. The van der Waals surface area contributed by atoms with Crippen LogP contribution in [0.3, 0.4) is 0 Å². The molecule has 0 radical (unpaired) electrons. The largest absolute Gasteiger partial charge is 0.369 e. The highest BCUT2D eigenvalue weighted by atomic mass is 19.1. The molecule has 6 rings (SSSR count). The van der Waals surface area contributed by atoms with Gasteiger partial charge in [0.05, 0.1) is 0 Å². The van der Waals surface area contributed by atoms with Crippen LogP contribution >= 0.6 is 0 Å². The Labute approximate surface area is 175 Å². The predicted octanol–water partition coefficient (Wildman–Crippen LogP) is 4.45. The molecule has 3 N–H and O–H groups in total. The third kappa shape index (κ3) is 3.06. The monoisotopic (exact) mass is 407 g/mol. The fourth-order valence-corrected chi connectivity index (χ4v) is 5.60. The van der Waals surface area contributed by atoms with Crippen molar-refractivity contribution in [2.24, 2.45) is 11.1 Å². The summed E-state index contributed by atoms with van der Waals surface area (Å²) >= 11 is 0. The Morgan fingerprint density at radius 2 is 1.53 bits per heavy atom. The van der Waals surface area contributed by atoms with Crippen molar-refractivity contribution in [1.82, 2.24) is 4.90 Å². The molecule has 2 aromatic rings. The molecule has 3 aliphatic carbocycles. The molecule has 2 bridgehead atoms. The first kappa shape index (κ1) is 19.1. The zero-order valence-electron chi connectivity index (χ0n) is 16.9. The maximum atomic E-state index is 13.4. The zero-order valence-corrected chi connectivity index (χ0v) is 16.9. The fourth-order valence-electron chi connectivity index (χ4n) is 5.60. The quantitative estimate of drug-likeness (QED) is 0.789. The normalized spacial score (nSPS) is 27.0. The number of urea groups is 1. The Morgan fingerprint density at radius 3 is 2.17 bits per heavy atom. The van der Waals surface area contributed by atoms with Crippen molar-refractivity contribution in [3.05, 3.63) is 65.0 Å². The number of nitrogens with one attached hydrogen (secondary N) is 1. The van der Waals surface area contributed by atoms with Crippen molar-refractivity contribution in [2.75, 3.05) is 5.32 Å². The molecule has 3 saturated carbocycles. The van der Waals surface area contributed by atoms with Gasteiger partial charge < -0.3 is 16.0 Å². The van der Waals surface area contributed by atoms with E-state index in [9.17, 15) is 14.0 Å². The minimum Gasteiger partial charge on any atom is -0.369 e. The molecule has 0 aromatic heterocycles. The molecule has 4 aliphatic rings. The summed E-state index contributed by atoms with van der Waals surface area (Å²) in [7, 11) is 0. The SMILES string of the molecule is NC(=O)C12CCC(c3ccc(NC(=O)N4Cc5ccc(F)cc5C4)cc3)(CC1)CC2. The average molecular weight is 407 g/mol. The lowest BCUT2D eigenvalue weighted by atomic mass is 9.51. The van der Waals surface area contributed by atoms with E-state index in [0.717, 1.165) is 55.3 Å². The second-order valence-corrected chi connectivity index (χ2v) is 9.20. The topological polar surface area (TPSA) is 75.4 Å². The molecule has 30 heavy (non-hydrogen) atoms. The number of nitrogens with zero attached hydrogens (tertiary/aromatic N) is 1. The molecule has 2 aromatic carbocycles. The number of rotatable bonds is 3. The number of halogens is 1. The van der Waals surface area contributed by atoms with Gasteiger partial charge in [-0.3, -0.25) is 4.79 Å². The van der Waals surface area contributed by atoms with Gasteiger partial charge in [0, 0.05) is 24.2 Å². The van der Waals surface area contributed by atoms with Gasteiger partial charge in [-0.2, -0.15) is 0 Å². The highest BCUT2D eigenvalue weighted by Crippen LogP contribution is 2.57. The Morgan fingerprint density at radius 1 is 0.900 bits per heavy atom. The number of carbonyl (C=O) groups is 2. The summed E-state index contributed by atoms with van der Waals surface area (Å²) in [5, 5.41) is 2.96. The maximum absolute atomic E-state index is 13.4. The number of benzene rings is 2. The molecule has 3 fully saturated rings. The molecule has 3 amide bonds. The third-order valence-electron chi connectivity index (χ3n) is 7.70. The van der Waals surface area contributed by atoms with E-state index in [4.69, 9.17) is 5.73 Å². The first-order chi connectivity index (χ1) is 14.4. The van der Waals surface area contributed by atoms with Gasteiger partial charge in [-0.25, -0.2) is 9.18 Å². The van der Waals surface area contributed by atoms with Crippen molar-refractivity contribution in [3.8, 4) is 0 Å². The van der Waals surface area contributed by atoms with Gasteiger partial charge in [0.15, 0.2) is 0 Å². The van der Waals surface area contributed by atoms with E-state index in [-0.39, 0.29) is 28.6 Å². The molecule has 156 valence electrons. The van der Waals surface area contributed by atoms with E-state index in [1.165, 1.54) is 17.7 Å². The Kier molecular flexibility index (Phi) is 4.34. The van der Waals surface area contributed by atoms with Gasteiger partial charge >= 0.3 is 6.03 Å². The number of fused-ring (bicyclic) bond motifs is 4. The Balaban J connectivity index is 1.24. The van der Waals surface area contributed by atoms with E-state index in [1.807, 2.05) is 12.1 Å². The van der Waals surface area contributed by atoms with Crippen LogP contribution in [0.15, 0.2) is 42.5 Å². The van der Waals surface area contributed by atoms with Crippen molar-refractivity contribution < 1.29 is 14.0 Å². The molecule has 0 saturated heterocycles. The second kappa shape index (κ2) is 6.83. The first-order valence-corrected chi connectivity index (χ1v) is 10.6. The molecular formula is C24H26FN3O2. The second-order valence-electron chi connectivity index (χ2n) is 9.20. The van der Waals surface area contributed by atoms with E-state index >= 15 is 0 Å². The van der Waals surface area contributed by atoms with E-state index < -0.39 is 0 Å². The minimum absolute atomic E-state index is 0.125. The lowest BCUT2D eigenvalue weighted by Gasteiger charge is -2.52. The molecular weight excluding hydrogens is 381 g/mol. The van der Waals surface area contributed by atoms with E-state index in [1.54, 1.807) is 11.0 Å². The number of amides is 3. The van der Waals surface area contributed by atoms with Gasteiger partial charge in [-0.1, -0.05) is 18.2 Å². The van der Waals surface area contributed by atoms with Crippen molar-refractivity contribution in [3.63, 3.8) is 0 Å². The summed E-state index contributed by atoms with van der Waals surface area (Å²) in [5.74, 6) is -0.412. The van der Waals surface area contributed by atoms with Crippen molar-refractivity contribution >= 4 is 17.6 Å². The standard InChI is InChI=1S/C24H26FN3O2/c25-19-4-1-16-14-28(15-17(16)13-19)22(30)27-20-5-2-18(3-6-20)23-7-10-24(11-8-23,12-9-23)21(26)29/h1-6,13H,7-12,14-15H2,(H2,26,29)(H,27,30). The van der Waals surface area contributed by atoms with Crippen LogP contribution in [0.2, 0.25) is 0 Å². The van der Waals surface area contributed by atoms with Gasteiger partial charge in [-0.15, -0.1) is 0 Å². The summed E-state index contributed by atoms with van der Waals surface area (Å²) in [5.41, 5.74) is 9.39. The maximum Gasteiger partial charge on any atom is 0.322 e. The van der Waals surface area contributed by atoms with Crippen molar-refractivity contribution in [2.45, 2.75) is 57.0 Å². The number of primary amides is 1. The van der Waals surface area contributed by atoms with Crippen LogP contribution in [0.25, 0.3) is 0 Å². The fraction of sp³-hybridized carbons (Fsp3) is 0.417. The molecule has 0 spiro atoms. The first-order valence-electron chi connectivity index (χ1n) is 10.6. The molecule has 0 atom stereocenters. The summed E-state index contributed by atoms with van der Waals surface area (Å²) in [4.78, 5) is 26.2. The van der Waals surface area contributed by atoms with Crippen LogP contribution < -0.4 is 11.1 Å². The average Bonchev–Trinajstić information content (AvgIpc) is 3.19. The van der Waals surface area contributed by atoms with Crippen LogP contribution in [-0.4, -0.2) is 16.8 Å². The van der Waals surface area contributed by atoms with Gasteiger partial charge in [0.1, 0.15) is 5.82 Å². The lowest BCUT2D eigenvalue weighted by Crippen LogP contribution is -2.50. The minimum atomic E-state index is -0.286.